The predicted octanol–water partition coefficient (Wildman–Crippen LogP) is 4.59. The number of aryl methyl sites for hydroxylation is 1. The third-order valence-electron chi connectivity index (χ3n) is 6.80. The van der Waals surface area contributed by atoms with Gasteiger partial charge in [-0.15, -0.1) is 0 Å². The summed E-state index contributed by atoms with van der Waals surface area (Å²) < 4.78 is 29.2. The van der Waals surface area contributed by atoms with Crippen molar-refractivity contribution in [2.24, 2.45) is 12.8 Å². The van der Waals surface area contributed by atoms with Crippen LogP contribution < -0.4 is 16.6 Å². The number of hydrogen-bond acceptors (Lipinski definition) is 4. The molecule has 1 atom stereocenters. The lowest BCUT2D eigenvalue weighted by molar-refractivity contribution is 0.127. The number of rotatable bonds is 3. The van der Waals surface area contributed by atoms with Gasteiger partial charge in [-0.1, -0.05) is 32.0 Å². The van der Waals surface area contributed by atoms with E-state index in [1.54, 1.807) is 24.0 Å². The number of carbonyl (C=O) groups excluding carboxylic acids is 1. The van der Waals surface area contributed by atoms with E-state index in [1.165, 1.54) is 22.8 Å². The van der Waals surface area contributed by atoms with Crippen LogP contribution in [0.2, 0.25) is 0 Å². The number of aliphatic hydroxyl groups is 1. The van der Waals surface area contributed by atoms with E-state index in [0.717, 1.165) is 27.9 Å². The number of hydrogen-bond donors (Lipinski definition) is 3. The highest BCUT2D eigenvalue weighted by Gasteiger charge is 2.33. The first-order valence-electron chi connectivity index (χ1n) is 12.4. The summed E-state index contributed by atoms with van der Waals surface area (Å²) in [6.07, 6.45) is 2.25. The minimum absolute atomic E-state index is 0.102. The van der Waals surface area contributed by atoms with Crippen LogP contribution in [0.15, 0.2) is 65.6 Å². The van der Waals surface area contributed by atoms with Crippen LogP contribution in [0.25, 0.3) is 16.9 Å². The highest BCUT2D eigenvalue weighted by atomic mass is 19.2. The Labute approximate surface area is 224 Å². The summed E-state index contributed by atoms with van der Waals surface area (Å²) in [5, 5.41) is 16.9. The van der Waals surface area contributed by atoms with Gasteiger partial charge in [0.15, 0.2) is 11.6 Å². The van der Waals surface area contributed by atoms with Crippen LogP contribution in [-0.2, 0) is 18.9 Å². The van der Waals surface area contributed by atoms with Gasteiger partial charge in [0.25, 0.3) is 0 Å². The van der Waals surface area contributed by atoms with Crippen LogP contribution in [-0.4, -0.2) is 31.6 Å². The van der Waals surface area contributed by atoms with E-state index in [9.17, 15) is 23.5 Å². The van der Waals surface area contributed by atoms with E-state index in [-0.39, 0.29) is 11.0 Å². The van der Waals surface area contributed by atoms with Crippen molar-refractivity contribution in [3.63, 3.8) is 0 Å². The fourth-order valence-corrected chi connectivity index (χ4v) is 4.94. The number of aliphatic hydroxyl groups excluding tert-OH is 1. The molecule has 39 heavy (non-hydrogen) atoms. The van der Waals surface area contributed by atoms with E-state index in [0.29, 0.717) is 24.4 Å². The molecule has 1 unspecified atom stereocenters. The lowest BCUT2D eigenvalue weighted by atomic mass is 9.71. The Kier molecular flexibility index (Phi) is 7.69. The number of benzene rings is 2. The SMILES string of the molecule is CC1(C)CC(O)Cc2cc(F)c(F)cc21.Cc1c(-c2ccc(=O)n(C)c2)nn(-c2ccccc2)c1NC(N)=O. The average molecular weight is 536 g/mol. The Morgan fingerprint density at radius 1 is 1.13 bits per heavy atom. The molecule has 10 heteroatoms. The van der Waals surface area contributed by atoms with Crippen LogP contribution in [0.5, 0.6) is 0 Å². The molecule has 0 saturated carbocycles. The van der Waals surface area contributed by atoms with Crippen molar-refractivity contribution in [1.82, 2.24) is 14.3 Å². The smallest absolute Gasteiger partial charge is 0.317 e. The zero-order chi connectivity index (χ0) is 28.5. The largest absolute Gasteiger partial charge is 0.393 e. The molecule has 5 rings (SSSR count). The summed E-state index contributed by atoms with van der Waals surface area (Å²) in [7, 11) is 1.68. The number of para-hydroxylation sites is 1. The number of pyridine rings is 1. The highest BCUT2D eigenvalue weighted by molar-refractivity contribution is 5.89. The van der Waals surface area contributed by atoms with Crippen LogP contribution in [0.1, 0.15) is 37.0 Å². The van der Waals surface area contributed by atoms with Crippen molar-refractivity contribution in [1.29, 1.82) is 0 Å². The molecule has 2 aromatic heterocycles. The normalized spacial score (nSPS) is 15.6. The van der Waals surface area contributed by atoms with Crippen molar-refractivity contribution < 1.29 is 18.7 Å². The van der Waals surface area contributed by atoms with Gasteiger partial charge in [0.2, 0.25) is 5.56 Å². The maximum absolute atomic E-state index is 13.1. The quantitative estimate of drug-likeness (QED) is 0.356. The number of nitrogens with one attached hydrogen (secondary N) is 1. The van der Waals surface area contributed by atoms with Gasteiger partial charge >= 0.3 is 6.03 Å². The summed E-state index contributed by atoms with van der Waals surface area (Å²) in [6.45, 7) is 5.72. The van der Waals surface area contributed by atoms with E-state index in [1.807, 2.05) is 51.1 Å². The van der Waals surface area contributed by atoms with Crippen molar-refractivity contribution in [2.75, 3.05) is 5.32 Å². The number of nitrogens with two attached hydrogens (primary N) is 1. The Morgan fingerprint density at radius 3 is 2.44 bits per heavy atom. The summed E-state index contributed by atoms with van der Waals surface area (Å²) in [5.41, 5.74) is 9.43. The van der Waals surface area contributed by atoms with Gasteiger partial charge < -0.3 is 15.4 Å². The first-order valence-corrected chi connectivity index (χ1v) is 12.4. The lowest BCUT2D eigenvalue weighted by Gasteiger charge is -2.35. The molecule has 2 amide bonds. The fourth-order valence-electron chi connectivity index (χ4n) is 4.94. The van der Waals surface area contributed by atoms with Crippen molar-refractivity contribution in [3.05, 3.63) is 99.5 Å². The zero-order valence-electron chi connectivity index (χ0n) is 22.2. The van der Waals surface area contributed by atoms with Gasteiger partial charge in [-0.05, 0) is 66.6 Å². The van der Waals surface area contributed by atoms with Gasteiger partial charge in [-0.3, -0.25) is 10.1 Å². The van der Waals surface area contributed by atoms with E-state index >= 15 is 0 Å². The van der Waals surface area contributed by atoms with Gasteiger partial charge in [0.05, 0.1) is 17.5 Å². The Balaban J connectivity index is 0.000000202. The first-order chi connectivity index (χ1) is 18.4. The van der Waals surface area contributed by atoms with Gasteiger partial charge in [-0.2, -0.15) is 5.10 Å². The number of nitrogens with zero attached hydrogens (tertiary/aromatic N) is 3. The molecule has 1 aliphatic carbocycles. The van der Waals surface area contributed by atoms with E-state index in [4.69, 9.17) is 5.73 Å². The second kappa shape index (κ2) is 10.8. The van der Waals surface area contributed by atoms with Crippen LogP contribution in [0.3, 0.4) is 0 Å². The monoisotopic (exact) mass is 535 g/mol. The third kappa shape index (κ3) is 5.91. The van der Waals surface area contributed by atoms with E-state index < -0.39 is 23.8 Å². The number of anilines is 1. The average Bonchev–Trinajstić information content (AvgIpc) is 3.18. The summed E-state index contributed by atoms with van der Waals surface area (Å²) in [5.74, 6) is -1.14. The molecule has 8 nitrogen and oxygen atoms in total. The summed E-state index contributed by atoms with van der Waals surface area (Å²) in [4.78, 5) is 23.0. The fraction of sp³-hybridized carbons (Fsp3) is 0.276. The summed E-state index contributed by atoms with van der Waals surface area (Å²) >= 11 is 0. The molecule has 0 bridgehead atoms. The third-order valence-corrected chi connectivity index (χ3v) is 6.80. The van der Waals surface area contributed by atoms with Crippen molar-refractivity contribution in [2.45, 2.75) is 45.1 Å². The molecular formula is C29H31F2N5O3. The van der Waals surface area contributed by atoms with Crippen LogP contribution >= 0.6 is 0 Å². The Morgan fingerprint density at radius 2 is 1.79 bits per heavy atom. The predicted molar refractivity (Wildman–Crippen MR) is 146 cm³/mol. The first kappa shape index (κ1) is 27.7. The van der Waals surface area contributed by atoms with Crippen LogP contribution in [0, 0.1) is 18.6 Å². The number of primary amides is 1. The minimum Gasteiger partial charge on any atom is -0.393 e. The molecule has 4 aromatic rings. The molecule has 2 heterocycles. The van der Waals surface area contributed by atoms with E-state index in [2.05, 4.69) is 10.4 Å². The topological polar surface area (TPSA) is 115 Å². The number of fused-ring (bicyclic) bond motifs is 1. The summed E-state index contributed by atoms with van der Waals surface area (Å²) in [6, 6.07) is 14.4. The molecule has 1 aliphatic rings. The maximum Gasteiger partial charge on any atom is 0.317 e. The van der Waals surface area contributed by atoms with Crippen LogP contribution in [0.4, 0.5) is 19.4 Å². The Bertz CT molecular complexity index is 1580. The maximum atomic E-state index is 13.1. The molecule has 204 valence electrons. The van der Waals surface area contributed by atoms with Crippen molar-refractivity contribution in [3.8, 4) is 16.9 Å². The number of aromatic nitrogens is 3. The number of amides is 2. The van der Waals surface area contributed by atoms with Gasteiger partial charge in [0, 0.05) is 30.4 Å². The molecule has 0 aliphatic heterocycles. The number of halogens is 2. The molecule has 0 radical (unpaired) electrons. The lowest BCUT2D eigenvalue weighted by Crippen LogP contribution is -2.33. The second-order valence-electron chi connectivity index (χ2n) is 10.3. The number of urea groups is 1. The standard InChI is InChI=1S/C17H17N5O2.C12H14F2O/c1-11-15(12-8-9-14(23)21(2)10-12)20-22(16(11)19-17(18)24)13-6-4-3-5-7-13;1-12(2)6-8(15)3-7-4-10(13)11(14)5-9(7)12/h3-10H,1-2H3,(H3,18,19,24);4-5,8,15H,3,6H2,1-2H3. The molecule has 2 aromatic carbocycles. The molecule has 0 spiro atoms. The number of carbonyl (C=O) groups is 1. The minimum atomic E-state index is -0.835. The molecule has 0 saturated heterocycles. The molecule has 0 fully saturated rings. The zero-order valence-corrected chi connectivity index (χ0v) is 22.2. The Hall–Kier alpha value is -4.31. The van der Waals surface area contributed by atoms with Gasteiger partial charge in [-0.25, -0.2) is 18.3 Å². The van der Waals surface area contributed by atoms with Gasteiger partial charge in [0.1, 0.15) is 5.82 Å². The highest BCUT2D eigenvalue weighted by Crippen LogP contribution is 2.37. The molecule has 4 N–H and O–H groups in total. The van der Waals surface area contributed by atoms with Crippen molar-refractivity contribution >= 4 is 11.8 Å². The molecular weight excluding hydrogens is 504 g/mol. The second-order valence-corrected chi connectivity index (χ2v) is 10.3.